The lowest BCUT2D eigenvalue weighted by molar-refractivity contribution is 0.933. The van der Waals surface area contributed by atoms with Crippen molar-refractivity contribution in [3.63, 3.8) is 0 Å². The van der Waals surface area contributed by atoms with Crippen LogP contribution in [0.4, 0.5) is 3.89 Å². The molecule has 1 aromatic carbocycles. The maximum absolute atomic E-state index is 12.3. The number of halogens is 1. The smallest absolute Gasteiger partial charge is 0.0818 e. The molecule has 0 radical (unpaired) electrons. The van der Waals surface area contributed by atoms with E-state index in [1.165, 1.54) is 0 Å². The molecular formula is C10H9FS. The summed E-state index contributed by atoms with van der Waals surface area (Å²) in [6, 6.07) is 5.39. The molecule has 0 atom stereocenters. The zero-order valence-electron chi connectivity index (χ0n) is 6.59. The minimum Gasteiger partial charge on any atom is -0.160 e. The van der Waals surface area contributed by atoms with Crippen LogP contribution in [0.15, 0.2) is 36.3 Å². The molecule has 1 rings (SSSR count). The van der Waals surface area contributed by atoms with Crippen LogP contribution in [0.2, 0.25) is 0 Å². The lowest BCUT2D eigenvalue weighted by atomic mass is 10.1. The highest BCUT2D eigenvalue weighted by Crippen LogP contribution is 2.27. The average molecular weight is 180 g/mol. The highest BCUT2D eigenvalue weighted by Gasteiger charge is 2.02. The van der Waals surface area contributed by atoms with Gasteiger partial charge in [0.2, 0.25) is 0 Å². The van der Waals surface area contributed by atoms with Crippen LogP contribution in [0, 0.1) is 0 Å². The zero-order valence-corrected chi connectivity index (χ0v) is 7.40. The first kappa shape index (κ1) is 9.07. The predicted molar refractivity (Wildman–Crippen MR) is 53.6 cm³/mol. The maximum atomic E-state index is 12.3. The second kappa shape index (κ2) is 4.12. The lowest BCUT2D eigenvalue weighted by Crippen LogP contribution is -1.82. The molecule has 0 aliphatic heterocycles. The number of hydrogen-bond acceptors (Lipinski definition) is 1. The Kier molecular flexibility index (Phi) is 3.11. The Balaban J connectivity index is 3.31. The van der Waals surface area contributed by atoms with Gasteiger partial charge in [0.1, 0.15) is 0 Å². The second-order valence-corrected chi connectivity index (χ2v) is 2.84. The van der Waals surface area contributed by atoms with Crippen molar-refractivity contribution < 1.29 is 3.89 Å². The van der Waals surface area contributed by atoms with Crippen molar-refractivity contribution >= 4 is 24.3 Å². The summed E-state index contributed by atoms with van der Waals surface area (Å²) in [5.74, 6) is 0. The molecule has 0 amide bonds. The third-order valence-electron chi connectivity index (χ3n) is 1.61. The molecule has 0 N–H and O–H groups in total. The Labute approximate surface area is 76.1 Å². The van der Waals surface area contributed by atoms with Crippen molar-refractivity contribution in [2.75, 3.05) is 0 Å². The van der Waals surface area contributed by atoms with Gasteiger partial charge in [-0.15, -0.1) is 0 Å². The minimum atomic E-state index is 0.231. The normalized spacial score (nSPS) is 9.42. The Hall–Kier alpha value is -1.02. The van der Waals surface area contributed by atoms with Gasteiger partial charge in [0.05, 0.1) is 12.1 Å². The predicted octanol–water partition coefficient (Wildman–Crippen LogP) is 3.95. The maximum Gasteiger partial charge on any atom is 0.0818 e. The Morgan fingerprint density at radius 3 is 2.50 bits per heavy atom. The Bertz CT molecular complexity index is 305. The van der Waals surface area contributed by atoms with E-state index in [9.17, 15) is 3.89 Å². The Morgan fingerprint density at radius 2 is 2.00 bits per heavy atom. The van der Waals surface area contributed by atoms with E-state index < -0.39 is 0 Å². The van der Waals surface area contributed by atoms with E-state index in [2.05, 4.69) is 13.2 Å². The van der Waals surface area contributed by atoms with Crippen molar-refractivity contribution in [1.82, 2.24) is 0 Å². The van der Waals surface area contributed by atoms with Gasteiger partial charge in [-0.05, 0) is 17.2 Å². The summed E-state index contributed by atoms with van der Waals surface area (Å²) in [6.45, 7) is 7.26. The van der Waals surface area contributed by atoms with Crippen LogP contribution in [0.5, 0.6) is 0 Å². The van der Waals surface area contributed by atoms with Crippen molar-refractivity contribution in [3.05, 3.63) is 42.5 Å². The standard InChI is InChI=1S/C10H9FS/c1-3-8-6-5-7-10(12-11)9(8)4-2/h3-7H,1-2H2. The molecule has 0 nitrogen and oxygen atoms in total. The van der Waals surface area contributed by atoms with Crippen LogP contribution >= 0.6 is 12.1 Å². The van der Waals surface area contributed by atoms with Crippen LogP contribution < -0.4 is 0 Å². The largest absolute Gasteiger partial charge is 0.160 e. The monoisotopic (exact) mass is 180 g/mol. The quantitative estimate of drug-likeness (QED) is 0.678. The van der Waals surface area contributed by atoms with Gasteiger partial charge in [-0.1, -0.05) is 37.4 Å². The zero-order chi connectivity index (χ0) is 8.97. The van der Waals surface area contributed by atoms with Gasteiger partial charge < -0.3 is 0 Å². The molecule has 2 heteroatoms. The van der Waals surface area contributed by atoms with Gasteiger partial charge in [0.15, 0.2) is 0 Å². The van der Waals surface area contributed by atoms with E-state index in [0.29, 0.717) is 4.90 Å². The van der Waals surface area contributed by atoms with Crippen LogP contribution in [0.25, 0.3) is 12.2 Å². The number of rotatable bonds is 3. The molecule has 0 aliphatic rings. The summed E-state index contributed by atoms with van der Waals surface area (Å²) in [5.41, 5.74) is 1.72. The molecule has 62 valence electrons. The summed E-state index contributed by atoms with van der Waals surface area (Å²) >= 11 is 0.231. The first-order valence-corrected chi connectivity index (χ1v) is 4.21. The minimum absolute atomic E-state index is 0.231. The summed E-state index contributed by atoms with van der Waals surface area (Å²) in [4.78, 5) is 0.586. The van der Waals surface area contributed by atoms with E-state index in [1.807, 2.05) is 6.07 Å². The number of benzene rings is 1. The van der Waals surface area contributed by atoms with E-state index in [1.54, 1.807) is 24.3 Å². The molecule has 0 saturated heterocycles. The van der Waals surface area contributed by atoms with Crippen LogP contribution in [-0.4, -0.2) is 0 Å². The molecule has 0 spiro atoms. The molecular weight excluding hydrogens is 171 g/mol. The van der Waals surface area contributed by atoms with E-state index in [4.69, 9.17) is 0 Å². The van der Waals surface area contributed by atoms with E-state index in [0.717, 1.165) is 11.1 Å². The van der Waals surface area contributed by atoms with Gasteiger partial charge in [0, 0.05) is 4.90 Å². The molecule has 0 bridgehead atoms. The molecule has 0 saturated carbocycles. The Morgan fingerprint density at radius 1 is 1.25 bits per heavy atom. The summed E-state index contributed by atoms with van der Waals surface area (Å²) in [5, 5.41) is 0. The van der Waals surface area contributed by atoms with E-state index >= 15 is 0 Å². The van der Waals surface area contributed by atoms with Crippen molar-refractivity contribution in [2.24, 2.45) is 0 Å². The highest BCUT2D eigenvalue weighted by atomic mass is 32.2. The van der Waals surface area contributed by atoms with Gasteiger partial charge in [0.25, 0.3) is 0 Å². The first-order valence-electron chi connectivity index (χ1n) is 3.50. The summed E-state index contributed by atoms with van der Waals surface area (Å²) in [6.07, 6.45) is 3.33. The third-order valence-corrected chi connectivity index (χ3v) is 2.13. The van der Waals surface area contributed by atoms with Crippen LogP contribution in [0.3, 0.4) is 0 Å². The van der Waals surface area contributed by atoms with Gasteiger partial charge in [-0.3, -0.25) is 0 Å². The molecule has 12 heavy (non-hydrogen) atoms. The molecule has 0 unspecified atom stereocenters. The molecule has 0 fully saturated rings. The van der Waals surface area contributed by atoms with Gasteiger partial charge in [-0.2, -0.15) is 3.89 Å². The van der Waals surface area contributed by atoms with Crippen molar-refractivity contribution in [3.8, 4) is 0 Å². The fourth-order valence-electron chi connectivity index (χ4n) is 1.02. The van der Waals surface area contributed by atoms with Crippen LogP contribution in [0.1, 0.15) is 11.1 Å². The third kappa shape index (κ3) is 1.59. The van der Waals surface area contributed by atoms with Crippen molar-refractivity contribution in [2.45, 2.75) is 4.90 Å². The SMILES string of the molecule is C=Cc1cccc(SF)c1C=C. The summed E-state index contributed by atoms with van der Waals surface area (Å²) in [7, 11) is 0. The molecule has 0 aromatic heterocycles. The molecule has 0 heterocycles. The first-order chi connectivity index (χ1) is 5.83. The van der Waals surface area contributed by atoms with Gasteiger partial charge >= 0.3 is 0 Å². The fourth-order valence-corrected chi connectivity index (χ4v) is 1.44. The fraction of sp³-hybridized carbons (Fsp3) is 0. The van der Waals surface area contributed by atoms with Crippen LogP contribution in [-0.2, 0) is 0 Å². The van der Waals surface area contributed by atoms with Gasteiger partial charge in [-0.25, -0.2) is 0 Å². The second-order valence-electron chi connectivity index (χ2n) is 2.24. The van der Waals surface area contributed by atoms with Crippen molar-refractivity contribution in [1.29, 1.82) is 0 Å². The van der Waals surface area contributed by atoms with E-state index in [-0.39, 0.29) is 12.1 Å². The topological polar surface area (TPSA) is 0 Å². The molecule has 0 aliphatic carbocycles. The molecule has 1 aromatic rings. The average Bonchev–Trinajstić information content (AvgIpc) is 2.16. The lowest BCUT2D eigenvalue weighted by Gasteiger charge is -2.03. The highest BCUT2D eigenvalue weighted by molar-refractivity contribution is 7.94. The summed E-state index contributed by atoms with van der Waals surface area (Å²) < 4.78 is 12.3. The number of hydrogen-bond donors (Lipinski definition) is 0.